The number of aromatic nitrogens is 1. The lowest BCUT2D eigenvalue weighted by atomic mass is 9.98. The van der Waals surface area contributed by atoms with Gasteiger partial charge in [0.1, 0.15) is 17.2 Å². The molecule has 2 aromatic carbocycles. The summed E-state index contributed by atoms with van der Waals surface area (Å²) < 4.78 is 11.8. The van der Waals surface area contributed by atoms with Crippen molar-refractivity contribution in [1.82, 2.24) is 4.98 Å². The van der Waals surface area contributed by atoms with Crippen molar-refractivity contribution in [1.29, 1.82) is 0 Å². The third kappa shape index (κ3) is 3.57. The molecule has 6 nitrogen and oxygen atoms in total. The van der Waals surface area contributed by atoms with E-state index in [0.29, 0.717) is 34.7 Å². The SMILES string of the molecule is CCCOc1cccc(C2c3c(oc4ccc(C)cc4c3=O)C(=O)N2c2ccc(C)cn2)c1. The summed E-state index contributed by atoms with van der Waals surface area (Å²) in [6.07, 6.45) is 2.59. The maximum atomic E-state index is 13.7. The van der Waals surface area contributed by atoms with Gasteiger partial charge in [-0.3, -0.25) is 14.5 Å². The zero-order valence-electron chi connectivity index (χ0n) is 18.8. The summed E-state index contributed by atoms with van der Waals surface area (Å²) in [7, 11) is 0. The van der Waals surface area contributed by atoms with E-state index in [0.717, 1.165) is 23.1 Å². The highest BCUT2D eigenvalue weighted by atomic mass is 16.5. The first-order chi connectivity index (χ1) is 16.0. The van der Waals surface area contributed by atoms with E-state index < -0.39 is 6.04 Å². The Kier molecular flexibility index (Phi) is 5.21. The monoisotopic (exact) mass is 440 g/mol. The van der Waals surface area contributed by atoms with Crippen LogP contribution in [0.2, 0.25) is 0 Å². The van der Waals surface area contributed by atoms with E-state index in [4.69, 9.17) is 9.15 Å². The zero-order valence-corrected chi connectivity index (χ0v) is 18.8. The number of carbonyl (C=O) groups excluding carboxylic acids is 1. The van der Waals surface area contributed by atoms with Crippen LogP contribution in [-0.4, -0.2) is 17.5 Å². The van der Waals surface area contributed by atoms with Crippen LogP contribution < -0.4 is 15.1 Å². The Morgan fingerprint density at radius 2 is 1.85 bits per heavy atom. The van der Waals surface area contributed by atoms with E-state index in [1.165, 1.54) is 0 Å². The predicted octanol–water partition coefficient (Wildman–Crippen LogP) is 5.34. The molecule has 0 spiro atoms. The number of benzene rings is 2. The summed E-state index contributed by atoms with van der Waals surface area (Å²) in [4.78, 5) is 33.3. The molecule has 1 aliphatic rings. The van der Waals surface area contributed by atoms with Gasteiger partial charge in [-0.25, -0.2) is 4.98 Å². The Balaban J connectivity index is 1.76. The van der Waals surface area contributed by atoms with Crippen molar-refractivity contribution in [3.05, 3.63) is 99.0 Å². The Morgan fingerprint density at radius 3 is 2.61 bits per heavy atom. The molecule has 3 heterocycles. The smallest absolute Gasteiger partial charge is 0.296 e. The Hall–Kier alpha value is -3.93. The minimum absolute atomic E-state index is 0.0589. The molecule has 0 aliphatic carbocycles. The summed E-state index contributed by atoms with van der Waals surface area (Å²) in [5.74, 6) is 0.823. The van der Waals surface area contributed by atoms with Crippen LogP contribution in [0, 0.1) is 13.8 Å². The van der Waals surface area contributed by atoms with E-state index in [9.17, 15) is 9.59 Å². The molecule has 4 aromatic rings. The van der Waals surface area contributed by atoms with Gasteiger partial charge in [0.25, 0.3) is 5.91 Å². The molecule has 33 heavy (non-hydrogen) atoms. The van der Waals surface area contributed by atoms with Gasteiger partial charge in [0.2, 0.25) is 5.76 Å². The number of rotatable bonds is 5. The number of anilines is 1. The quantitative estimate of drug-likeness (QED) is 0.419. The number of aryl methyl sites for hydroxylation is 2. The second-order valence-electron chi connectivity index (χ2n) is 8.37. The van der Waals surface area contributed by atoms with E-state index in [1.807, 2.05) is 57.2 Å². The summed E-state index contributed by atoms with van der Waals surface area (Å²) in [5.41, 5.74) is 3.20. The first-order valence-corrected chi connectivity index (χ1v) is 11.0. The highest BCUT2D eigenvalue weighted by molar-refractivity contribution is 6.10. The van der Waals surface area contributed by atoms with E-state index in [1.54, 1.807) is 29.3 Å². The van der Waals surface area contributed by atoms with Gasteiger partial charge in [-0.2, -0.15) is 0 Å². The standard InChI is InChI=1S/C27H24N2O4/c1-4-12-32-19-7-5-6-18(14-19)24-23-25(30)20-13-16(2)8-10-21(20)33-26(23)27(31)29(24)22-11-9-17(3)15-28-22/h5-11,13-15,24H,4,12H2,1-3H3. The van der Waals surface area contributed by atoms with E-state index >= 15 is 0 Å². The molecule has 0 N–H and O–H groups in total. The maximum absolute atomic E-state index is 13.7. The summed E-state index contributed by atoms with van der Waals surface area (Å²) in [6.45, 7) is 6.48. The molecule has 0 saturated heterocycles. The minimum atomic E-state index is -0.672. The van der Waals surface area contributed by atoms with Crippen molar-refractivity contribution in [3.63, 3.8) is 0 Å². The number of fused-ring (bicyclic) bond motifs is 2. The van der Waals surface area contributed by atoms with Crippen molar-refractivity contribution < 1.29 is 13.9 Å². The fourth-order valence-corrected chi connectivity index (χ4v) is 4.24. The van der Waals surface area contributed by atoms with Crippen LogP contribution in [0.25, 0.3) is 11.0 Å². The first-order valence-electron chi connectivity index (χ1n) is 11.0. The van der Waals surface area contributed by atoms with Crippen molar-refractivity contribution in [2.24, 2.45) is 0 Å². The number of amides is 1. The van der Waals surface area contributed by atoms with Gasteiger partial charge in [0.15, 0.2) is 5.43 Å². The van der Waals surface area contributed by atoms with Crippen molar-refractivity contribution >= 4 is 22.7 Å². The van der Waals surface area contributed by atoms with Gasteiger partial charge in [0, 0.05) is 6.20 Å². The molecule has 1 amide bonds. The highest BCUT2D eigenvalue weighted by Gasteiger charge is 2.44. The topological polar surface area (TPSA) is 72.6 Å². The van der Waals surface area contributed by atoms with Gasteiger partial charge in [-0.15, -0.1) is 0 Å². The number of ether oxygens (including phenoxy) is 1. The van der Waals surface area contributed by atoms with Crippen LogP contribution in [0.1, 0.15) is 52.2 Å². The highest BCUT2D eigenvalue weighted by Crippen LogP contribution is 2.41. The Morgan fingerprint density at radius 1 is 1.03 bits per heavy atom. The second-order valence-corrected chi connectivity index (χ2v) is 8.37. The van der Waals surface area contributed by atoms with Crippen LogP contribution in [-0.2, 0) is 0 Å². The molecule has 1 atom stereocenters. The van der Waals surface area contributed by atoms with Crippen LogP contribution in [0.5, 0.6) is 5.75 Å². The van der Waals surface area contributed by atoms with E-state index in [-0.39, 0.29) is 17.1 Å². The van der Waals surface area contributed by atoms with Gasteiger partial charge in [-0.05, 0) is 61.7 Å². The molecule has 0 saturated carbocycles. The Bertz CT molecular complexity index is 1420. The molecule has 5 rings (SSSR count). The predicted molar refractivity (Wildman–Crippen MR) is 127 cm³/mol. The zero-order chi connectivity index (χ0) is 23.1. The normalized spacial score (nSPS) is 15.2. The first kappa shape index (κ1) is 20.9. The number of carbonyl (C=O) groups is 1. The lowest BCUT2D eigenvalue weighted by molar-refractivity contribution is 0.0970. The van der Waals surface area contributed by atoms with Crippen LogP contribution in [0.4, 0.5) is 5.82 Å². The van der Waals surface area contributed by atoms with Crippen molar-refractivity contribution in [3.8, 4) is 5.75 Å². The number of nitrogens with zero attached hydrogens (tertiary/aromatic N) is 2. The van der Waals surface area contributed by atoms with E-state index in [2.05, 4.69) is 4.98 Å². The summed E-state index contributed by atoms with van der Waals surface area (Å²) in [5, 5.41) is 0.462. The molecule has 6 heteroatoms. The molecular formula is C27H24N2O4. The van der Waals surface area contributed by atoms with Gasteiger partial charge < -0.3 is 9.15 Å². The van der Waals surface area contributed by atoms with Crippen LogP contribution in [0.15, 0.2) is 70.0 Å². The minimum Gasteiger partial charge on any atom is -0.494 e. The number of pyridine rings is 1. The fourth-order valence-electron chi connectivity index (χ4n) is 4.24. The molecule has 0 bridgehead atoms. The number of hydrogen-bond donors (Lipinski definition) is 0. The molecule has 166 valence electrons. The average Bonchev–Trinajstić information content (AvgIpc) is 3.11. The van der Waals surface area contributed by atoms with Gasteiger partial charge >= 0.3 is 0 Å². The van der Waals surface area contributed by atoms with Crippen molar-refractivity contribution in [2.45, 2.75) is 33.2 Å². The van der Waals surface area contributed by atoms with Crippen LogP contribution in [0.3, 0.4) is 0 Å². The summed E-state index contributed by atoms with van der Waals surface area (Å²) in [6, 6.07) is 15.9. The largest absolute Gasteiger partial charge is 0.494 e. The number of hydrogen-bond acceptors (Lipinski definition) is 5. The van der Waals surface area contributed by atoms with Gasteiger partial charge in [-0.1, -0.05) is 36.8 Å². The molecule has 1 unspecified atom stereocenters. The summed E-state index contributed by atoms with van der Waals surface area (Å²) >= 11 is 0. The molecule has 0 fully saturated rings. The lowest BCUT2D eigenvalue weighted by Crippen LogP contribution is -2.30. The van der Waals surface area contributed by atoms with Crippen LogP contribution >= 0.6 is 0 Å². The fraction of sp³-hybridized carbons (Fsp3) is 0.222. The molecule has 2 aromatic heterocycles. The average molecular weight is 440 g/mol. The third-order valence-corrected chi connectivity index (χ3v) is 5.81. The third-order valence-electron chi connectivity index (χ3n) is 5.81. The molecular weight excluding hydrogens is 416 g/mol. The van der Waals surface area contributed by atoms with Gasteiger partial charge in [0.05, 0.1) is 23.6 Å². The van der Waals surface area contributed by atoms with Crippen molar-refractivity contribution in [2.75, 3.05) is 11.5 Å². The second kappa shape index (κ2) is 8.20. The lowest BCUT2D eigenvalue weighted by Gasteiger charge is -2.24. The molecule has 1 aliphatic heterocycles. The maximum Gasteiger partial charge on any atom is 0.296 e. The molecule has 0 radical (unpaired) electrons. The Labute approximate surface area is 191 Å².